The van der Waals surface area contributed by atoms with Crippen LogP contribution < -0.4 is 10.6 Å². The Bertz CT molecular complexity index is 748. The highest BCUT2D eigenvalue weighted by molar-refractivity contribution is 7.10. The zero-order valence-corrected chi connectivity index (χ0v) is 17.3. The third-order valence-electron chi connectivity index (χ3n) is 4.83. The number of aryl methyl sites for hydroxylation is 1. The van der Waals surface area contributed by atoms with E-state index in [1.165, 1.54) is 4.88 Å². The first-order chi connectivity index (χ1) is 13.0. The van der Waals surface area contributed by atoms with Crippen LogP contribution in [0.2, 0.25) is 5.02 Å². The second kappa shape index (κ2) is 9.66. The summed E-state index contributed by atoms with van der Waals surface area (Å²) in [6.45, 7) is 7.88. The molecule has 7 heteroatoms. The molecular weight excluding hydrogens is 382 g/mol. The number of ether oxygens (including phenoxy) is 1. The average Bonchev–Trinajstić information content (AvgIpc) is 3.20. The number of morpholine rings is 1. The smallest absolute Gasteiger partial charge is 0.241 e. The van der Waals surface area contributed by atoms with Gasteiger partial charge in [0.1, 0.15) is 0 Å². The first-order valence-electron chi connectivity index (χ1n) is 9.20. The van der Waals surface area contributed by atoms with Crippen LogP contribution in [0.5, 0.6) is 0 Å². The van der Waals surface area contributed by atoms with Crippen LogP contribution in [0.1, 0.15) is 23.4 Å². The number of hydrogen-bond acceptors (Lipinski definition) is 5. The number of nitrogens with one attached hydrogen (secondary N) is 2. The first-order valence-corrected chi connectivity index (χ1v) is 10.5. The lowest BCUT2D eigenvalue weighted by atomic mass is 10.1. The Morgan fingerprint density at radius 2 is 2.11 bits per heavy atom. The van der Waals surface area contributed by atoms with Crippen LogP contribution in [0.4, 0.5) is 5.69 Å². The number of hydrogen-bond donors (Lipinski definition) is 2. The van der Waals surface area contributed by atoms with Crippen molar-refractivity contribution in [3.8, 4) is 0 Å². The standard InChI is InChI=1S/C20H26ClN3O2S/c1-14-5-6-16(21)12-17(14)23-20(25)15(2)22-13-18(19-4-3-11-27-19)24-7-9-26-10-8-24/h3-6,11-12,15,18,22H,7-10,13H2,1-2H3,(H,23,25)/t15-,18+/m0/s1. The maximum Gasteiger partial charge on any atom is 0.241 e. The minimum Gasteiger partial charge on any atom is -0.379 e. The van der Waals surface area contributed by atoms with Crippen molar-refractivity contribution in [1.29, 1.82) is 0 Å². The van der Waals surface area contributed by atoms with E-state index in [-0.39, 0.29) is 18.0 Å². The Morgan fingerprint density at radius 1 is 1.33 bits per heavy atom. The second-order valence-corrected chi connectivity index (χ2v) is 8.17. The quantitative estimate of drug-likeness (QED) is 0.734. The van der Waals surface area contributed by atoms with Gasteiger partial charge in [-0.2, -0.15) is 0 Å². The van der Waals surface area contributed by atoms with Crippen molar-refractivity contribution >= 4 is 34.5 Å². The summed E-state index contributed by atoms with van der Waals surface area (Å²) in [6, 6.07) is 9.68. The van der Waals surface area contributed by atoms with Crippen LogP contribution >= 0.6 is 22.9 Å². The molecule has 1 aliphatic heterocycles. The van der Waals surface area contributed by atoms with E-state index in [0.29, 0.717) is 11.6 Å². The van der Waals surface area contributed by atoms with Gasteiger partial charge in [-0.3, -0.25) is 9.69 Å². The summed E-state index contributed by atoms with van der Waals surface area (Å²) in [5.74, 6) is -0.0627. The summed E-state index contributed by atoms with van der Waals surface area (Å²) in [6.07, 6.45) is 0. The summed E-state index contributed by atoms with van der Waals surface area (Å²) >= 11 is 7.80. The molecular formula is C20H26ClN3O2S. The zero-order chi connectivity index (χ0) is 19.2. The predicted octanol–water partition coefficient (Wildman–Crippen LogP) is 3.70. The van der Waals surface area contributed by atoms with E-state index in [0.717, 1.165) is 37.6 Å². The van der Waals surface area contributed by atoms with Crippen molar-refractivity contribution in [2.24, 2.45) is 0 Å². The highest BCUT2D eigenvalue weighted by atomic mass is 35.5. The van der Waals surface area contributed by atoms with Crippen molar-refractivity contribution in [3.63, 3.8) is 0 Å². The molecule has 0 saturated carbocycles. The fourth-order valence-corrected chi connectivity index (χ4v) is 4.16. The van der Waals surface area contributed by atoms with Crippen molar-refractivity contribution in [1.82, 2.24) is 10.2 Å². The van der Waals surface area contributed by atoms with Gasteiger partial charge in [-0.05, 0) is 43.0 Å². The lowest BCUT2D eigenvalue weighted by Gasteiger charge is -2.34. The first kappa shape index (κ1) is 20.3. The third kappa shape index (κ3) is 5.53. The molecule has 0 spiro atoms. The lowest BCUT2D eigenvalue weighted by molar-refractivity contribution is -0.117. The molecule has 2 atom stereocenters. The molecule has 0 aliphatic carbocycles. The Morgan fingerprint density at radius 3 is 2.81 bits per heavy atom. The van der Waals surface area contributed by atoms with E-state index in [1.54, 1.807) is 17.4 Å². The number of rotatable bonds is 7. The van der Waals surface area contributed by atoms with E-state index in [2.05, 4.69) is 33.0 Å². The molecule has 27 heavy (non-hydrogen) atoms. The molecule has 0 radical (unpaired) electrons. The molecule has 0 bridgehead atoms. The molecule has 5 nitrogen and oxygen atoms in total. The molecule has 1 aromatic carbocycles. The number of anilines is 1. The van der Waals surface area contributed by atoms with Gasteiger partial charge in [0, 0.05) is 35.2 Å². The van der Waals surface area contributed by atoms with Gasteiger partial charge in [0.15, 0.2) is 0 Å². The monoisotopic (exact) mass is 407 g/mol. The van der Waals surface area contributed by atoms with Gasteiger partial charge in [0.25, 0.3) is 0 Å². The van der Waals surface area contributed by atoms with E-state index in [1.807, 2.05) is 26.0 Å². The van der Waals surface area contributed by atoms with E-state index in [4.69, 9.17) is 16.3 Å². The third-order valence-corrected chi connectivity index (χ3v) is 6.03. The summed E-state index contributed by atoms with van der Waals surface area (Å²) < 4.78 is 5.48. The number of nitrogens with zero attached hydrogens (tertiary/aromatic N) is 1. The molecule has 1 saturated heterocycles. The largest absolute Gasteiger partial charge is 0.379 e. The van der Waals surface area contributed by atoms with Crippen LogP contribution in [-0.4, -0.2) is 49.7 Å². The minimum atomic E-state index is -0.313. The summed E-state index contributed by atoms with van der Waals surface area (Å²) in [5, 5.41) is 9.08. The number of carbonyl (C=O) groups is 1. The van der Waals surface area contributed by atoms with Gasteiger partial charge in [-0.1, -0.05) is 23.7 Å². The zero-order valence-electron chi connectivity index (χ0n) is 15.7. The SMILES string of the molecule is Cc1ccc(Cl)cc1NC(=O)[C@H](C)NC[C@H](c1cccs1)N1CCOCC1. The fourth-order valence-electron chi connectivity index (χ4n) is 3.13. The number of benzene rings is 1. The van der Waals surface area contributed by atoms with Gasteiger partial charge in [0.2, 0.25) is 5.91 Å². The molecule has 1 aromatic heterocycles. The summed E-state index contributed by atoms with van der Waals surface area (Å²) in [5.41, 5.74) is 1.74. The topological polar surface area (TPSA) is 53.6 Å². The van der Waals surface area contributed by atoms with Crippen LogP contribution in [0.3, 0.4) is 0 Å². The number of carbonyl (C=O) groups excluding carboxylic acids is 1. The van der Waals surface area contributed by atoms with Crippen molar-refractivity contribution in [2.45, 2.75) is 25.9 Å². The Labute approximate surface area is 169 Å². The van der Waals surface area contributed by atoms with Gasteiger partial charge in [-0.25, -0.2) is 0 Å². The van der Waals surface area contributed by atoms with Gasteiger partial charge >= 0.3 is 0 Å². The van der Waals surface area contributed by atoms with Gasteiger partial charge < -0.3 is 15.4 Å². The highest BCUT2D eigenvalue weighted by Gasteiger charge is 2.25. The summed E-state index contributed by atoms with van der Waals surface area (Å²) in [7, 11) is 0. The molecule has 2 aromatic rings. The van der Waals surface area contributed by atoms with E-state index < -0.39 is 0 Å². The molecule has 2 heterocycles. The number of amides is 1. The van der Waals surface area contributed by atoms with Crippen LogP contribution in [0, 0.1) is 6.92 Å². The second-order valence-electron chi connectivity index (χ2n) is 6.76. The Balaban J connectivity index is 1.60. The Hall–Kier alpha value is -1.44. The molecule has 0 unspecified atom stereocenters. The van der Waals surface area contributed by atoms with E-state index in [9.17, 15) is 4.79 Å². The molecule has 3 rings (SSSR count). The fraction of sp³-hybridized carbons (Fsp3) is 0.450. The average molecular weight is 408 g/mol. The lowest BCUT2D eigenvalue weighted by Crippen LogP contribution is -2.46. The van der Waals surface area contributed by atoms with Crippen LogP contribution in [-0.2, 0) is 9.53 Å². The molecule has 1 fully saturated rings. The molecule has 2 N–H and O–H groups in total. The van der Waals surface area contributed by atoms with Crippen molar-refractivity contribution < 1.29 is 9.53 Å². The van der Waals surface area contributed by atoms with Crippen LogP contribution in [0.25, 0.3) is 0 Å². The Kier molecular flexibility index (Phi) is 7.26. The van der Waals surface area contributed by atoms with Gasteiger partial charge in [0.05, 0.1) is 25.3 Å². The van der Waals surface area contributed by atoms with Crippen molar-refractivity contribution in [2.75, 3.05) is 38.2 Å². The number of thiophene rings is 1. The number of halogens is 1. The van der Waals surface area contributed by atoms with Crippen molar-refractivity contribution in [3.05, 3.63) is 51.2 Å². The van der Waals surface area contributed by atoms with Crippen LogP contribution in [0.15, 0.2) is 35.7 Å². The molecule has 1 aliphatic rings. The predicted molar refractivity (Wildman–Crippen MR) is 112 cm³/mol. The molecule has 1 amide bonds. The van der Waals surface area contributed by atoms with Gasteiger partial charge in [-0.15, -0.1) is 11.3 Å². The maximum atomic E-state index is 12.6. The normalized spacial score (nSPS) is 17.4. The molecule has 146 valence electrons. The minimum absolute atomic E-state index is 0.0627. The maximum absolute atomic E-state index is 12.6. The van der Waals surface area contributed by atoms with E-state index >= 15 is 0 Å². The highest BCUT2D eigenvalue weighted by Crippen LogP contribution is 2.25. The summed E-state index contributed by atoms with van der Waals surface area (Å²) in [4.78, 5) is 16.3.